The molecule has 1 aromatic heterocycles. The van der Waals surface area contributed by atoms with Crippen molar-refractivity contribution in [3.63, 3.8) is 0 Å². The summed E-state index contributed by atoms with van der Waals surface area (Å²) in [5, 5.41) is 3.61. The van der Waals surface area contributed by atoms with Crippen molar-refractivity contribution < 1.29 is 0 Å². The lowest BCUT2D eigenvalue weighted by atomic mass is 10.1. The van der Waals surface area contributed by atoms with Crippen molar-refractivity contribution >= 4 is 22.9 Å². The summed E-state index contributed by atoms with van der Waals surface area (Å²) in [6.07, 6.45) is 5.66. The minimum atomic E-state index is 0.447. The van der Waals surface area contributed by atoms with Crippen LogP contribution in [0.15, 0.2) is 12.1 Å². The number of thiophene rings is 1. The molecular weight excluding hydrogens is 226 g/mol. The molecule has 15 heavy (non-hydrogen) atoms. The van der Waals surface area contributed by atoms with E-state index in [-0.39, 0.29) is 0 Å². The quantitative estimate of drug-likeness (QED) is 0.834. The Kier molecular flexibility index (Phi) is 4.06. The summed E-state index contributed by atoms with van der Waals surface area (Å²) in [4.78, 5) is 1.35. The average molecular weight is 244 g/mol. The number of hydrogen-bond acceptors (Lipinski definition) is 2. The summed E-state index contributed by atoms with van der Waals surface area (Å²) >= 11 is 7.60. The molecule has 0 aliphatic heterocycles. The zero-order valence-corrected chi connectivity index (χ0v) is 10.7. The van der Waals surface area contributed by atoms with E-state index in [1.165, 1.54) is 30.6 Å². The molecule has 1 fully saturated rings. The monoisotopic (exact) mass is 243 g/mol. The van der Waals surface area contributed by atoms with Gasteiger partial charge in [-0.25, -0.2) is 0 Å². The molecule has 0 radical (unpaired) electrons. The highest BCUT2D eigenvalue weighted by Gasteiger charge is 2.16. The second-order valence-corrected chi connectivity index (χ2v) is 6.17. The average Bonchev–Trinajstić information content (AvgIpc) is 2.84. The molecule has 0 aromatic carbocycles. The van der Waals surface area contributed by atoms with Gasteiger partial charge >= 0.3 is 0 Å². The first-order chi connectivity index (χ1) is 7.25. The van der Waals surface area contributed by atoms with E-state index in [9.17, 15) is 0 Å². The van der Waals surface area contributed by atoms with Crippen LogP contribution in [0.2, 0.25) is 4.34 Å². The summed E-state index contributed by atoms with van der Waals surface area (Å²) in [6.45, 7) is 3.38. The number of rotatable bonds is 4. The zero-order chi connectivity index (χ0) is 10.7. The molecule has 84 valence electrons. The maximum Gasteiger partial charge on any atom is 0.0931 e. The van der Waals surface area contributed by atoms with Crippen molar-refractivity contribution in [1.82, 2.24) is 5.32 Å². The van der Waals surface area contributed by atoms with E-state index >= 15 is 0 Å². The van der Waals surface area contributed by atoms with Gasteiger partial charge in [0.05, 0.1) is 4.34 Å². The molecule has 1 N–H and O–H groups in total. The first kappa shape index (κ1) is 11.4. The SMILES string of the molecule is CC(NCC1CCCC1)c1ccc(Cl)s1. The first-order valence-electron chi connectivity index (χ1n) is 5.74. The third kappa shape index (κ3) is 3.20. The fourth-order valence-electron chi connectivity index (χ4n) is 2.22. The van der Waals surface area contributed by atoms with Crippen LogP contribution >= 0.6 is 22.9 Å². The second-order valence-electron chi connectivity index (χ2n) is 4.42. The maximum absolute atomic E-state index is 5.92. The second kappa shape index (κ2) is 5.33. The van der Waals surface area contributed by atoms with Gasteiger partial charge in [0.15, 0.2) is 0 Å². The number of hydrogen-bond donors (Lipinski definition) is 1. The Morgan fingerprint density at radius 1 is 1.47 bits per heavy atom. The standard InChI is InChI=1S/C12H18ClNS/c1-9(11-6-7-12(13)15-11)14-8-10-4-2-3-5-10/h6-7,9-10,14H,2-5,8H2,1H3. The predicted molar refractivity (Wildman–Crippen MR) is 67.7 cm³/mol. The van der Waals surface area contributed by atoms with E-state index in [2.05, 4.69) is 18.3 Å². The lowest BCUT2D eigenvalue weighted by Gasteiger charge is -2.15. The molecule has 1 nitrogen and oxygen atoms in total. The van der Waals surface area contributed by atoms with Crippen molar-refractivity contribution in [1.29, 1.82) is 0 Å². The molecule has 1 aliphatic rings. The van der Waals surface area contributed by atoms with Crippen LogP contribution in [-0.4, -0.2) is 6.54 Å². The summed E-state index contributed by atoms with van der Waals surface area (Å²) in [5.41, 5.74) is 0. The minimum absolute atomic E-state index is 0.447. The highest BCUT2D eigenvalue weighted by atomic mass is 35.5. The number of halogens is 1. The topological polar surface area (TPSA) is 12.0 Å². The van der Waals surface area contributed by atoms with Crippen LogP contribution in [-0.2, 0) is 0 Å². The zero-order valence-electron chi connectivity index (χ0n) is 9.13. The summed E-state index contributed by atoms with van der Waals surface area (Å²) in [6, 6.07) is 4.55. The van der Waals surface area contributed by atoms with Gasteiger partial charge in [-0.2, -0.15) is 0 Å². The van der Waals surface area contributed by atoms with Crippen molar-refractivity contribution in [2.75, 3.05) is 6.54 Å². The first-order valence-corrected chi connectivity index (χ1v) is 6.94. The van der Waals surface area contributed by atoms with Gasteiger partial charge in [-0.3, -0.25) is 0 Å². The smallest absolute Gasteiger partial charge is 0.0931 e. The Morgan fingerprint density at radius 2 is 2.20 bits per heavy atom. The molecular formula is C12H18ClNS. The molecule has 3 heteroatoms. The molecule has 2 rings (SSSR count). The fourth-order valence-corrected chi connectivity index (χ4v) is 3.31. The van der Waals surface area contributed by atoms with Crippen LogP contribution in [0.25, 0.3) is 0 Å². The molecule has 1 heterocycles. The maximum atomic E-state index is 5.92. The largest absolute Gasteiger partial charge is 0.309 e. The molecule has 0 spiro atoms. The van der Waals surface area contributed by atoms with E-state index in [1.807, 2.05) is 6.07 Å². The van der Waals surface area contributed by atoms with Crippen LogP contribution in [0.1, 0.15) is 43.5 Å². The van der Waals surface area contributed by atoms with Gasteiger partial charge in [-0.1, -0.05) is 24.4 Å². The lowest BCUT2D eigenvalue weighted by Crippen LogP contribution is -2.23. The van der Waals surface area contributed by atoms with E-state index in [1.54, 1.807) is 11.3 Å². The van der Waals surface area contributed by atoms with Gasteiger partial charge < -0.3 is 5.32 Å². The minimum Gasteiger partial charge on any atom is -0.309 e. The van der Waals surface area contributed by atoms with E-state index in [4.69, 9.17) is 11.6 Å². The fraction of sp³-hybridized carbons (Fsp3) is 0.667. The van der Waals surface area contributed by atoms with Crippen molar-refractivity contribution in [2.45, 2.75) is 38.6 Å². The highest BCUT2D eigenvalue weighted by Crippen LogP contribution is 2.28. The van der Waals surface area contributed by atoms with Crippen LogP contribution in [0.5, 0.6) is 0 Å². The lowest BCUT2D eigenvalue weighted by molar-refractivity contribution is 0.455. The Bertz CT molecular complexity index is 304. The molecule has 0 amide bonds. The third-order valence-electron chi connectivity index (χ3n) is 3.21. The van der Waals surface area contributed by atoms with Gasteiger partial charge in [-0.05, 0) is 44.4 Å². The van der Waals surface area contributed by atoms with Gasteiger partial charge in [0.1, 0.15) is 0 Å². The van der Waals surface area contributed by atoms with Crippen molar-refractivity contribution in [2.24, 2.45) is 5.92 Å². The molecule has 0 saturated heterocycles. The third-order valence-corrected chi connectivity index (χ3v) is 4.62. The molecule has 1 atom stereocenters. The van der Waals surface area contributed by atoms with Crippen LogP contribution in [0.4, 0.5) is 0 Å². The summed E-state index contributed by atoms with van der Waals surface area (Å²) in [7, 11) is 0. The van der Waals surface area contributed by atoms with Gasteiger partial charge in [0.25, 0.3) is 0 Å². The Labute approximate surface area is 101 Å². The molecule has 1 aliphatic carbocycles. The predicted octanol–water partition coefficient (Wildman–Crippen LogP) is 4.24. The van der Waals surface area contributed by atoms with Crippen LogP contribution in [0, 0.1) is 5.92 Å². The number of nitrogens with one attached hydrogen (secondary N) is 1. The Hall–Kier alpha value is -0.0500. The summed E-state index contributed by atoms with van der Waals surface area (Å²) in [5.74, 6) is 0.905. The highest BCUT2D eigenvalue weighted by molar-refractivity contribution is 7.16. The molecule has 1 aromatic rings. The Balaban J connectivity index is 1.79. The van der Waals surface area contributed by atoms with E-state index in [0.29, 0.717) is 6.04 Å². The van der Waals surface area contributed by atoms with Crippen LogP contribution in [0.3, 0.4) is 0 Å². The van der Waals surface area contributed by atoms with Gasteiger partial charge in [-0.15, -0.1) is 11.3 Å². The molecule has 0 bridgehead atoms. The van der Waals surface area contributed by atoms with Crippen molar-refractivity contribution in [3.8, 4) is 0 Å². The summed E-state index contributed by atoms with van der Waals surface area (Å²) < 4.78 is 0.888. The van der Waals surface area contributed by atoms with E-state index in [0.717, 1.165) is 16.8 Å². The van der Waals surface area contributed by atoms with Crippen molar-refractivity contribution in [3.05, 3.63) is 21.3 Å². The Morgan fingerprint density at radius 3 is 2.80 bits per heavy atom. The molecule has 1 unspecified atom stereocenters. The normalized spacial score (nSPS) is 19.6. The van der Waals surface area contributed by atoms with Gasteiger partial charge in [0.2, 0.25) is 0 Å². The molecule has 1 saturated carbocycles. The van der Waals surface area contributed by atoms with E-state index < -0.39 is 0 Å². The van der Waals surface area contributed by atoms with Gasteiger partial charge in [0, 0.05) is 10.9 Å². The van der Waals surface area contributed by atoms with Crippen LogP contribution < -0.4 is 5.32 Å².